The molecule has 0 atom stereocenters. The van der Waals surface area contributed by atoms with E-state index in [4.69, 9.17) is 14.6 Å². The molecule has 7 nitrogen and oxygen atoms in total. The van der Waals surface area contributed by atoms with Crippen molar-refractivity contribution in [2.24, 2.45) is 0 Å². The van der Waals surface area contributed by atoms with Crippen molar-refractivity contribution >= 4 is 30.9 Å². The van der Waals surface area contributed by atoms with Gasteiger partial charge in [0, 0.05) is 33.1 Å². The molecule has 1 amide bonds. The van der Waals surface area contributed by atoms with Gasteiger partial charge in [-0.05, 0) is 48.6 Å². The summed E-state index contributed by atoms with van der Waals surface area (Å²) in [6.45, 7) is 8.12. The van der Waals surface area contributed by atoms with E-state index in [0.29, 0.717) is 18.4 Å². The van der Waals surface area contributed by atoms with Crippen LogP contribution in [-0.2, 0) is 11.5 Å². The van der Waals surface area contributed by atoms with Crippen molar-refractivity contribution < 1.29 is 23.8 Å². The topological polar surface area (TPSA) is 85.6 Å². The summed E-state index contributed by atoms with van der Waals surface area (Å²) in [6, 6.07) is 6.92. The Morgan fingerprint density at radius 3 is 2.75 bits per heavy atom. The van der Waals surface area contributed by atoms with Crippen molar-refractivity contribution in [1.82, 2.24) is 9.55 Å². The van der Waals surface area contributed by atoms with Gasteiger partial charge in [0.05, 0.1) is 11.1 Å². The normalized spacial score (nSPS) is 14.0. The summed E-state index contributed by atoms with van der Waals surface area (Å²) in [5, 5.41) is 11.7. The Labute approximate surface area is 187 Å². The average Bonchev–Trinajstić information content (AvgIpc) is 3.48. The van der Waals surface area contributed by atoms with Crippen LogP contribution in [0.2, 0.25) is 25.7 Å². The second-order valence-electron chi connectivity index (χ2n) is 9.36. The number of anilines is 1. The zero-order chi connectivity index (χ0) is 22.9. The molecule has 0 aliphatic heterocycles. The predicted molar refractivity (Wildman–Crippen MR) is 124 cm³/mol. The highest BCUT2D eigenvalue weighted by molar-refractivity contribution is 6.76. The Kier molecular flexibility index (Phi) is 6.21. The molecule has 0 unspecified atom stereocenters. The molecule has 2 N–H and O–H groups in total. The average molecular weight is 458 g/mol. The smallest absolute Gasteiger partial charge is 0.409 e. The van der Waals surface area contributed by atoms with Crippen LogP contribution in [0.15, 0.2) is 36.7 Å². The van der Waals surface area contributed by atoms with Crippen LogP contribution in [0.25, 0.3) is 11.0 Å². The molecule has 1 fully saturated rings. The number of benzene rings is 1. The van der Waals surface area contributed by atoms with Gasteiger partial charge in [-0.3, -0.25) is 5.32 Å². The Balaban J connectivity index is 1.59. The summed E-state index contributed by atoms with van der Waals surface area (Å²) in [4.78, 5) is 15.3. The number of aromatic nitrogens is 2. The first kappa shape index (κ1) is 22.3. The molecule has 2 heterocycles. The molecule has 170 valence electrons. The summed E-state index contributed by atoms with van der Waals surface area (Å²) >= 11 is 0. The number of halogens is 1. The van der Waals surface area contributed by atoms with Crippen molar-refractivity contribution in [1.29, 1.82) is 0 Å². The number of carbonyl (C=O) groups is 1. The van der Waals surface area contributed by atoms with Crippen LogP contribution in [0, 0.1) is 5.82 Å². The van der Waals surface area contributed by atoms with E-state index in [-0.39, 0.29) is 11.4 Å². The van der Waals surface area contributed by atoms with Crippen LogP contribution in [0.5, 0.6) is 11.5 Å². The van der Waals surface area contributed by atoms with E-state index in [2.05, 4.69) is 30.8 Å². The summed E-state index contributed by atoms with van der Waals surface area (Å²) in [5.41, 5.74) is 1.83. The third kappa shape index (κ3) is 5.28. The molecule has 2 aromatic heterocycles. The minimum absolute atomic E-state index is 0.120. The van der Waals surface area contributed by atoms with Crippen LogP contribution < -0.4 is 10.1 Å². The van der Waals surface area contributed by atoms with Crippen LogP contribution >= 0.6 is 0 Å². The Hall–Kier alpha value is -2.91. The van der Waals surface area contributed by atoms with Gasteiger partial charge < -0.3 is 19.1 Å². The maximum absolute atomic E-state index is 14.3. The lowest BCUT2D eigenvalue weighted by atomic mass is 10.1. The number of nitrogens with one attached hydrogen (secondary N) is 1. The van der Waals surface area contributed by atoms with Gasteiger partial charge >= 0.3 is 6.09 Å². The van der Waals surface area contributed by atoms with E-state index in [1.165, 1.54) is 23.8 Å². The third-order valence-corrected chi connectivity index (χ3v) is 7.11. The van der Waals surface area contributed by atoms with Gasteiger partial charge in [0.2, 0.25) is 0 Å². The van der Waals surface area contributed by atoms with Crippen LogP contribution in [0.4, 0.5) is 14.9 Å². The molecule has 1 saturated carbocycles. The van der Waals surface area contributed by atoms with Gasteiger partial charge in [0.1, 0.15) is 23.9 Å². The predicted octanol–water partition coefficient (Wildman–Crippen LogP) is 6.25. The SMILES string of the molecule is C[Si](C)(C)CCOCn1cc(C2CC2)c2c(Oc3ccc(NC(=O)O)c(F)c3)ccnc21. The van der Waals surface area contributed by atoms with E-state index >= 15 is 0 Å². The number of hydrogen-bond acceptors (Lipinski definition) is 4. The van der Waals surface area contributed by atoms with Gasteiger partial charge in [0.15, 0.2) is 5.82 Å². The highest BCUT2D eigenvalue weighted by Gasteiger charge is 2.29. The zero-order valence-electron chi connectivity index (χ0n) is 18.5. The molecule has 9 heteroatoms. The van der Waals surface area contributed by atoms with Crippen molar-refractivity contribution in [3.8, 4) is 11.5 Å². The number of rotatable bonds is 9. The van der Waals surface area contributed by atoms with Gasteiger partial charge in [-0.15, -0.1) is 0 Å². The number of ether oxygens (including phenoxy) is 2. The van der Waals surface area contributed by atoms with Gasteiger partial charge in [0.25, 0.3) is 0 Å². The lowest BCUT2D eigenvalue weighted by Gasteiger charge is -2.15. The zero-order valence-corrected chi connectivity index (χ0v) is 19.5. The van der Waals surface area contributed by atoms with Gasteiger partial charge in [-0.2, -0.15) is 0 Å². The monoisotopic (exact) mass is 457 g/mol. The fourth-order valence-corrected chi connectivity index (χ4v) is 4.30. The minimum atomic E-state index is -1.32. The Morgan fingerprint density at radius 2 is 2.09 bits per heavy atom. The van der Waals surface area contributed by atoms with E-state index in [1.54, 1.807) is 12.3 Å². The molecular formula is C23H28FN3O4Si. The Bertz CT molecular complexity index is 1140. The van der Waals surface area contributed by atoms with Gasteiger partial charge in [-0.1, -0.05) is 19.6 Å². The lowest BCUT2D eigenvalue weighted by molar-refractivity contribution is 0.0898. The van der Waals surface area contributed by atoms with E-state index in [0.717, 1.165) is 36.5 Å². The number of carboxylic acid groups (broad SMARTS) is 1. The van der Waals surface area contributed by atoms with Crippen molar-refractivity contribution in [3.63, 3.8) is 0 Å². The first-order valence-electron chi connectivity index (χ1n) is 10.7. The first-order chi connectivity index (χ1) is 15.2. The third-order valence-electron chi connectivity index (χ3n) is 5.40. The first-order valence-corrected chi connectivity index (χ1v) is 14.4. The highest BCUT2D eigenvalue weighted by Crippen LogP contribution is 2.46. The van der Waals surface area contributed by atoms with E-state index < -0.39 is 20.0 Å². The Morgan fingerprint density at radius 1 is 1.31 bits per heavy atom. The van der Waals surface area contributed by atoms with E-state index in [9.17, 15) is 9.18 Å². The fraction of sp³-hybridized carbons (Fsp3) is 0.391. The highest BCUT2D eigenvalue weighted by atomic mass is 28.3. The summed E-state index contributed by atoms with van der Waals surface area (Å²) in [7, 11) is -1.16. The molecule has 0 radical (unpaired) electrons. The quantitative estimate of drug-likeness (QED) is 0.293. The van der Waals surface area contributed by atoms with Crippen LogP contribution in [0.1, 0.15) is 24.3 Å². The molecule has 1 aliphatic rings. The van der Waals surface area contributed by atoms with Crippen LogP contribution in [0.3, 0.4) is 0 Å². The summed E-state index contributed by atoms with van der Waals surface area (Å²) in [5.74, 6) is 0.639. The van der Waals surface area contributed by atoms with Gasteiger partial charge in [-0.25, -0.2) is 14.2 Å². The summed E-state index contributed by atoms with van der Waals surface area (Å²) < 4.78 is 28.3. The number of fused-ring (bicyclic) bond motifs is 1. The fourth-order valence-electron chi connectivity index (χ4n) is 3.55. The van der Waals surface area contributed by atoms with Crippen LogP contribution in [-0.4, -0.2) is 35.4 Å². The largest absolute Gasteiger partial charge is 0.465 e. The lowest BCUT2D eigenvalue weighted by Crippen LogP contribution is -2.22. The van der Waals surface area contributed by atoms with Crippen molar-refractivity contribution in [2.45, 2.75) is 51.2 Å². The molecule has 0 spiro atoms. The molecule has 32 heavy (non-hydrogen) atoms. The molecular weight excluding hydrogens is 429 g/mol. The molecule has 1 aliphatic carbocycles. The number of hydrogen-bond donors (Lipinski definition) is 2. The maximum Gasteiger partial charge on any atom is 0.409 e. The molecule has 0 bridgehead atoms. The molecule has 4 rings (SSSR count). The number of amides is 1. The standard InChI is InChI=1S/C23H28FN3O4Si/c1-32(2,3)11-10-30-14-27-13-17(15-4-5-15)21-20(8-9-25-22(21)27)31-16-6-7-19(18(24)12-16)26-23(28)29/h6-9,12-13,15,26H,4-5,10-11,14H2,1-3H3,(H,28,29). The van der Waals surface area contributed by atoms with Crippen molar-refractivity contribution in [3.05, 3.63) is 48.0 Å². The molecule has 3 aromatic rings. The van der Waals surface area contributed by atoms with E-state index in [1.807, 2.05) is 9.88 Å². The second kappa shape index (κ2) is 8.91. The number of pyridine rings is 1. The minimum Gasteiger partial charge on any atom is -0.465 e. The summed E-state index contributed by atoms with van der Waals surface area (Å²) in [6.07, 6.45) is 4.68. The van der Waals surface area contributed by atoms with Crippen molar-refractivity contribution in [2.75, 3.05) is 11.9 Å². The second-order valence-corrected chi connectivity index (χ2v) is 15.0. The maximum atomic E-state index is 14.3. The molecule has 1 aromatic carbocycles. The molecule has 0 saturated heterocycles. The number of nitrogens with zero attached hydrogens (tertiary/aromatic N) is 2.